The summed E-state index contributed by atoms with van der Waals surface area (Å²) in [7, 11) is 0. The summed E-state index contributed by atoms with van der Waals surface area (Å²) in [5.74, 6) is 0. The van der Waals surface area contributed by atoms with Gasteiger partial charge in [0.2, 0.25) is 0 Å². The number of nitrogens with zero attached hydrogens (tertiary/aromatic N) is 6. The molecule has 0 aliphatic carbocycles. The maximum atomic E-state index is 6.25. The summed E-state index contributed by atoms with van der Waals surface area (Å²) in [5.41, 5.74) is 3.91. The molecular weight excluding hydrogens is 452 g/mol. The van der Waals surface area contributed by atoms with Crippen LogP contribution in [0.3, 0.4) is 0 Å². The Hall–Kier alpha value is -4.42. The second-order valence-corrected chi connectivity index (χ2v) is 6.43. The van der Waals surface area contributed by atoms with Gasteiger partial charge >= 0.3 is 17.1 Å². The van der Waals surface area contributed by atoms with Crippen molar-refractivity contribution in [3.8, 4) is 0 Å². The van der Waals surface area contributed by atoms with Crippen LogP contribution in [0.1, 0.15) is 0 Å². The Morgan fingerprint density at radius 2 is 0.606 bits per heavy atom. The number of fused-ring (bicyclic) bond motifs is 6. The van der Waals surface area contributed by atoms with Crippen molar-refractivity contribution in [1.29, 1.82) is 10.5 Å². The maximum absolute atomic E-state index is 6.25. The molecule has 0 amide bonds. The van der Waals surface area contributed by atoms with E-state index in [1.54, 1.807) is 24.8 Å². The average molecular weight is 468 g/mol. The third-order valence-corrected chi connectivity index (χ3v) is 4.69. The largest absolute Gasteiger partial charge is 2.00 e. The molecule has 0 fully saturated rings. The molecule has 4 aromatic heterocycles. The van der Waals surface area contributed by atoms with Gasteiger partial charge in [-0.15, -0.1) is 0 Å². The smallest absolute Gasteiger partial charge is 0.512 e. The number of benzene rings is 2. The fourth-order valence-corrected chi connectivity index (χ4v) is 3.36. The van der Waals surface area contributed by atoms with Gasteiger partial charge in [-0.2, -0.15) is 0 Å². The summed E-state index contributed by atoms with van der Waals surface area (Å²) < 4.78 is 0. The molecule has 6 nitrogen and oxygen atoms in total. The molecule has 0 bridgehead atoms. The minimum absolute atomic E-state index is 0. The van der Waals surface area contributed by atoms with Gasteiger partial charge in [0.15, 0.2) is 0 Å². The van der Waals surface area contributed by atoms with E-state index in [9.17, 15) is 0 Å². The minimum Gasteiger partial charge on any atom is -0.512 e. The predicted molar refractivity (Wildman–Crippen MR) is 124 cm³/mol. The van der Waals surface area contributed by atoms with E-state index < -0.39 is 0 Å². The summed E-state index contributed by atoms with van der Waals surface area (Å²) in [5, 5.41) is 17.1. The van der Waals surface area contributed by atoms with E-state index in [2.05, 4.69) is 68.5 Å². The first-order chi connectivity index (χ1) is 15.9. The molecule has 0 atom stereocenters. The Bertz CT molecular complexity index is 1300. The molecule has 33 heavy (non-hydrogen) atoms. The third kappa shape index (κ3) is 5.44. The topological polar surface area (TPSA) is 99.1 Å². The first-order valence-electron chi connectivity index (χ1n) is 9.52. The second kappa shape index (κ2) is 12.4. The summed E-state index contributed by atoms with van der Waals surface area (Å²) >= 11 is 0. The van der Waals surface area contributed by atoms with E-state index in [0.717, 1.165) is 43.6 Å². The van der Waals surface area contributed by atoms with Crippen molar-refractivity contribution < 1.29 is 17.1 Å². The molecule has 6 aromatic rings. The Balaban J connectivity index is 0.000000198. The van der Waals surface area contributed by atoms with Crippen molar-refractivity contribution in [3.05, 3.63) is 111 Å². The van der Waals surface area contributed by atoms with Gasteiger partial charge < -0.3 is 23.7 Å². The van der Waals surface area contributed by atoms with Crippen molar-refractivity contribution in [1.82, 2.24) is 19.9 Å². The monoisotopic (exact) mass is 468 g/mol. The van der Waals surface area contributed by atoms with Gasteiger partial charge in [0.1, 0.15) is 0 Å². The van der Waals surface area contributed by atoms with Crippen LogP contribution < -0.4 is 0 Å². The zero-order chi connectivity index (χ0) is 22.8. The fraction of sp³-hybridized carbons (Fsp3) is 0. The van der Waals surface area contributed by atoms with Crippen LogP contribution in [0.2, 0.25) is 0 Å². The van der Waals surface area contributed by atoms with Crippen molar-refractivity contribution in [2.75, 3.05) is 0 Å². The molecule has 0 radical (unpaired) electrons. The Labute approximate surface area is 201 Å². The second-order valence-electron chi connectivity index (χ2n) is 6.43. The predicted octanol–water partition coefficient (Wildman–Crippen LogP) is 5.76. The molecule has 7 heteroatoms. The van der Waals surface area contributed by atoms with Crippen LogP contribution in [-0.2, 0) is 17.1 Å². The van der Waals surface area contributed by atoms with Crippen LogP contribution in [-0.4, -0.2) is 19.9 Å². The van der Waals surface area contributed by atoms with Crippen LogP contribution in [0, 0.1) is 23.7 Å². The number of rotatable bonds is 0. The summed E-state index contributed by atoms with van der Waals surface area (Å²) in [4.78, 5) is 17.4. The molecule has 0 saturated heterocycles. The van der Waals surface area contributed by atoms with Crippen LogP contribution in [0.4, 0.5) is 0 Å². The molecule has 0 N–H and O–H groups in total. The standard InChI is InChI=1S/2C12H8N2.2CN.Fe/c2*1-3-9-5-6-10-4-2-8-14-12(10)11(9)13-7-1;2*1-2;/h2*1-8H;;;/q;;2*-1;+2. The van der Waals surface area contributed by atoms with Crippen LogP contribution in [0.25, 0.3) is 43.6 Å². The van der Waals surface area contributed by atoms with Crippen molar-refractivity contribution >= 4 is 43.6 Å². The normalized spacial score (nSPS) is 9.33. The third-order valence-electron chi connectivity index (χ3n) is 4.69. The van der Waals surface area contributed by atoms with Gasteiger partial charge in [0.05, 0.1) is 22.1 Å². The van der Waals surface area contributed by atoms with Gasteiger partial charge in [0.25, 0.3) is 0 Å². The SMILES string of the molecule is [C-]#N.[C-]#N.[Fe+2].c1cnc2c(c1)ccc1cccnc12.c1cnc2c(c1)ccc1cccnc12. The number of aromatic nitrogens is 4. The van der Waals surface area contributed by atoms with E-state index in [0.29, 0.717) is 0 Å². The van der Waals surface area contributed by atoms with Gasteiger partial charge in [0, 0.05) is 46.3 Å². The van der Waals surface area contributed by atoms with Crippen LogP contribution >= 0.6 is 0 Å². The van der Waals surface area contributed by atoms with Gasteiger partial charge in [-0.25, -0.2) is 0 Å². The van der Waals surface area contributed by atoms with Gasteiger partial charge in [-0.1, -0.05) is 48.5 Å². The quantitative estimate of drug-likeness (QED) is 0.160. The Morgan fingerprint density at radius 1 is 0.394 bits per heavy atom. The molecule has 0 saturated carbocycles. The molecule has 6 rings (SSSR count). The van der Waals surface area contributed by atoms with E-state index >= 15 is 0 Å². The van der Waals surface area contributed by atoms with Crippen molar-refractivity contribution in [2.45, 2.75) is 0 Å². The first-order valence-corrected chi connectivity index (χ1v) is 9.52. The summed E-state index contributed by atoms with van der Waals surface area (Å²) in [6.45, 7) is 9.50. The Morgan fingerprint density at radius 3 is 0.818 bits per heavy atom. The van der Waals surface area contributed by atoms with E-state index in [-0.39, 0.29) is 17.1 Å². The van der Waals surface area contributed by atoms with Crippen molar-refractivity contribution in [3.63, 3.8) is 0 Å². The van der Waals surface area contributed by atoms with Gasteiger partial charge in [-0.3, -0.25) is 19.9 Å². The van der Waals surface area contributed by atoms with E-state index in [1.807, 2.05) is 24.3 Å². The van der Waals surface area contributed by atoms with Crippen molar-refractivity contribution in [2.24, 2.45) is 0 Å². The molecule has 0 unspecified atom stereocenters. The molecule has 158 valence electrons. The molecule has 2 aromatic carbocycles. The van der Waals surface area contributed by atoms with E-state index in [4.69, 9.17) is 23.7 Å². The molecule has 0 spiro atoms. The van der Waals surface area contributed by atoms with Crippen LogP contribution in [0.5, 0.6) is 0 Å². The molecular formula is C26H16FeN6. The number of pyridine rings is 4. The zero-order valence-corrected chi connectivity index (χ0v) is 18.4. The maximum Gasteiger partial charge on any atom is 2.00 e. The zero-order valence-electron chi connectivity index (χ0n) is 17.3. The summed E-state index contributed by atoms with van der Waals surface area (Å²) in [6.07, 6.45) is 7.21. The Kier molecular flexibility index (Phi) is 9.36. The first kappa shape index (κ1) is 24.8. The van der Waals surface area contributed by atoms with E-state index in [1.165, 1.54) is 0 Å². The average Bonchev–Trinajstić information content (AvgIpc) is 2.91. The molecule has 0 aliphatic heterocycles. The van der Waals surface area contributed by atoms with Crippen LogP contribution in [0.15, 0.2) is 97.6 Å². The summed E-state index contributed by atoms with van der Waals surface area (Å²) in [6, 6.07) is 24.3. The van der Waals surface area contributed by atoms with Gasteiger partial charge in [-0.05, 0) is 24.3 Å². The number of hydrogen-bond acceptors (Lipinski definition) is 6. The fourth-order valence-electron chi connectivity index (χ4n) is 3.36. The number of hydrogen-bond donors (Lipinski definition) is 0. The minimum atomic E-state index is 0. The molecule has 4 heterocycles. The molecule has 0 aliphatic rings.